The van der Waals surface area contributed by atoms with Crippen LogP contribution >= 0.6 is 0 Å². The minimum absolute atomic E-state index is 0.0189. The van der Waals surface area contributed by atoms with Gasteiger partial charge in [0, 0.05) is 12.1 Å². The minimum Gasteiger partial charge on any atom is -0.492 e. The first-order valence-electron chi connectivity index (χ1n) is 3.40. The summed E-state index contributed by atoms with van der Waals surface area (Å²) in [4.78, 5) is 11.0. The van der Waals surface area contributed by atoms with Crippen molar-refractivity contribution < 1.29 is 5.11 Å². The molecule has 0 aromatic carbocycles. The van der Waals surface area contributed by atoms with Gasteiger partial charge < -0.3 is 5.11 Å². The van der Waals surface area contributed by atoms with Gasteiger partial charge in [-0.1, -0.05) is 0 Å². The van der Waals surface area contributed by atoms with Crippen LogP contribution in [0.25, 0.3) is 0 Å². The molecule has 4 nitrogen and oxygen atoms in total. The van der Waals surface area contributed by atoms with Crippen molar-refractivity contribution >= 4 is 0 Å². The van der Waals surface area contributed by atoms with Crippen LogP contribution in [-0.2, 0) is 0 Å². The fourth-order valence-corrected chi connectivity index (χ4v) is 0.785. The van der Waals surface area contributed by atoms with Gasteiger partial charge in [-0.15, -0.1) is 5.10 Å². The maximum atomic E-state index is 11.0. The number of hydrogen-bond acceptors (Lipinski definition) is 3. The number of aromatic nitrogens is 2. The van der Waals surface area contributed by atoms with Crippen LogP contribution < -0.4 is 5.56 Å². The number of hydrogen-bond donors (Lipinski definition) is 1. The fourth-order valence-electron chi connectivity index (χ4n) is 0.785. The van der Waals surface area contributed by atoms with E-state index in [1.807, 2.05) is 13.8 Å². The number of rotatable bonds is 1. The molecule has 0 aliphatic heterocycles. The molecule has 60 valence electrons. The molecule has 1 heterocycles. The van der Waals surface area contributed by atoms with Crippen LogP contribution in [0.1, 0.15) is 19.9 Å². The highest BCUT2D eigenvalue weighted by atomic mass is 16.3. The molecule has 0 saturated heterocycles. The molecule has 0 aliphatic rings. The van der Waals surface area contributed by atoms with E-state index in [1.54, 1.807) is 0 Å². The summed E-state index contributed by atoms with van der Waals surface area (Å²) in [5, 5.41) is 12.5. The molecular formula is C7H10N2O2. The minimum atomic E-state index is -0.196. The molecular weight excluding hydrogens is 144 g/mol. The normalized spacial score (nSPS) is 10.5. The molecule has 0 bridgehead atoms. The van der Waals surface area contributed by atoms with Gasteiger partial charge in [-0.3, -0.25) is 4.79 Å². The highest BCUT2D eigenvalue weighted by Crippen LogP contribution is 2.01. The zero-order chi connectivity index (χ0) is 8.43. The van der Waals surface area contributed by atoms with Gasteiger partial charge in [-0.25, -0.2) is 4.68 Å². The van der Waals surface area contributed by atoms with Crippen LogP contribution in [0.3, 0.4) is 0 Å². The zero-order valence-corrected chi connectivity index (χ0v) is 6.48. The third-order valence-electron chi connectivity index (χ3n) is 1.30. The first-order chi connectivity index (χ1) is 5.11. The highest BCUT2D eigenvalue weighted by Gasteiger charge is 2.01. The van der Waals surface area contributed by atoms with Crippen molar-refractivity contribution in [2.24, 2.45) is 0 Å². The van der Waals surface area contributed by atoms with Gasteiger partial charge in [-0.05, 0) is 13.8 Å². The molecule has 0 unspecified atom stereocenters. The zero-order valence-electron chi connectivity index (χ0n) is 6.48. The Balaban J connectivity index is 3.24. The Bertz CT molecular complexity index is 304. The molecule has 1 rings (SSSR count). The van der Waals surface area contributed by atoms with E-state index < -0.39 is 0 Å². The van der Waals surface area contributed by atoms with Crippen molar-refractivity contribution in [2.75, 3.05) is 0 Å². The van der Waals surface area contributed by atoms with Gasteiger partial charge in [0.05, 0.1) is 6.04 Å². The van der Waals surface area contributed by atoms with Crippen molar-refractivity contribution in [1.82, 2.24) is 9.78 Å². The molecule has 4 heteroatoms. The second-order valence-corrected chi connectivity index (χ2v) is 2.57. The molecule has 0 fully saturated rings. The Morgan fingerprint density at radius 1 is 1.55 bits per heavy atom. The van der Waals surface area contributed by atoms with E-state index in [1.165, 1.54) is 16.8 Å². The van der Waals surface area contributed by atoms with E-state index in [0.29, 0.717) is 0 Å². The Labute approximate surface area is 64.1 Å². The van der Waals surface area contributed by atoms with E-state index in [2.05, 4.69) is 5.10 Å². The van der Waals surface area contributed by atoms with Gasteiger partial charge in [0.25, 0.3) is 5.56 Å². The van der Waals surface area contributed by atoms with Crippen molar-refractivity contribution in [3.8, 4) is 5.88 Å². The Hall–Kier alpha value is -1.32. The van der Waals surface area contributed by atoms with Gasteiger partial charge in [0.2, 0.25) is 5.88 Å². The molecule has 0 spiro atoms. The maximum Gasteiger partial charge on any atom is 0.267 e. The predicted molar refractivity (Wildman–Crippen MR) is 40.5 cm³/mol. The van der Waals surface area contributed by atoms with Crippen molar-refractivity contribution in [3.05, 3.63) is 22.5 Å². The molecule has 0 radical (unpaired) electrons. The summed E-state index contributed by atoms with van der Waals surface area (Å²) in [6.45, 7) is 3.65. The molecule has 1 N–H and O–H groups in total. The first-order valence-corrected chi connectivity index (χ1v) is 3.40. The van der Waals surface area contributed by atoms with Crippen LogP contribution in [0.4, 0.5) is 0 Å². The number of nitrogens with zero attached hydrogens (tertiary/aromatic N) is 2. The molecule has 1 aromatic rings. The standard InChI is InChI=1S/C7H10N2O2/c1-5(2)9-7(11)4-3-6(10)8-9/h3-5H,1-2H3,(H,8,10). The summed E-state index contributed by atoms with van der Waals surface area (Å²) >= 11 is 0. The van der Waals surface area contributed by atoms with E-state index in [4.69, 9.17) is 5.11 Å². The first kappa shape index (κ1) is 7.78. The molecule has 1 aromatic heterocycles. The fraction of sp³-hybridized carbons (Fsp3) is 0.429. The summed E-state index contributed by atoms with van der Waals surface area (Å²) < 4.78 is 1.23. The molecule has 0 amide bonds. The van der Waals surface area contributed by atoms with Gasteiger partial charge in [-0.2, -0.15) is 0 Å². The van der Waals surface area contributed by atoms with Crippen molar-refractivity contribution in [3.63, 3.8) is 0 Å². The summed E-state index contributed by atoms with van der Waals surface area (Å²) in [5.41, 5.74) is -0.196. The Morgan fingerprint density at radius 2 is 2.18 bits per heavy atom. The van der Waals surface area contributed by atoms with E-state index in [0.717, 1.165) is 0 Å². The van der Waals surface area contributed by atoms with Crippen LogP contribution in [0.5, 0.6) is 5.88 Å². The molecule has 0 aliphatic carbocycles. The van der Waals surface area contributed by atoms with Gasteiger partial charge >= 0.3 is 0 Å². The van der Waals surface area contributed by atoms with Crippen LogP contribution in [0.15, 0.2) is 16.9 Å². The van der Waals surface area contributed by atoms with Crippen LogP contribution in [-0.4, -0.2) is 14.9 Å². The average molecular weight is 154 g/mol. The van der Waals surface area contributed by atoms with E-state index in [9.17, 15) is 4.79 Å². The monoisotopic (exact) mass is 154 g/mol. The van der Waals surface area contributed by atoms with E-state index >= 15 is 0 Å². The summed E-state index contributed by atoms with van der Waals surface area (Å²) in [7, 11) is 0. The second-order valence-electron chi connectivity index (χ2n) is 2.57. The van der Waals surface area contributed by atoms with E-state index in [-0.39, 0.29) is 17.5 Å². The third kappa shape index (κ3) is 1.58. The lowest BCUT2D eigenvalue weighted by Crippen LogP contribution is -2.22. The second kappa shape index (κ2) is 2.74. The quantitative estimate of drug-likeness (QED) is 0.642. The Morgan fingerprint density at radius 3 is 2.64 bits per heavy atom. The Kier molecular flexibility index (Phi) is 1.94. The lowest BCUT2D eigenvalue weighted by molar-refractivity contribution is 0.401. The third-order valence-corrected chi connectivity index (χ3v) is 1.30. The van der Waals surface area contributed by atoms with Crippen molar-refractivity contribution in [1.29, 1.82) is 0 Å². The highest BCUT2D eigenvalue weighted by molar-refractivity contribution is 5.03. The average Bonchev–Trinajstić information content (AvgIpc) is 1.94. The SMILES string of the molecule is CC(C)n1nc(O)ccc1=O. The maximum absolute atomic E-state index is 11.0. The van der Waals surface area contributed by atoms with Crippen LogP contribution in [0, 0.1) is 0 Å². The lowest BCUT2D eigenvalue weighted by atomic mass is 10.4. The summed E-state index contributed by atoms with van der Waals surface area (Å²) in [6.07, 6.45) is 0. The largest absolute Gasteiger partial charge is 0.492 e. The molecule has 0 saturated carbocycles. The van der Waals surface area contributed by atoms with Gasteiger partial charge in [0.15, 0.2) is 0 Å². The lowest BCUT2D eigenvalue weighted by Gasteiger charge is -2.06. The van der Waals surface area contributed by atoms with Gasteiger partial charge in [0.1, 0.15) is 0 Å². The molecule has 11 heavy (non-hydrogen) atoms. The van der Waals surface area contributed by atoms with Crippen molar-refractivity contribution in [2.45, 2.75) is 19.9 Å². The smallest absolute Gasteiger partial charge is 0.267 e. The number of aromatic hydroxyl groups is 1. The van der Waals surface area contributed by atoms with Crippen LogP contribution in [0.2, 0.25) is 0 Å². The molecule has 0 atom stereocenters. The topological polar surface area (TPSA) is 55.1 Å². The predicted octanol–water partition coefficient (Wildman–Crippen LogP) is 0.530. The summed E-state index contributed by atoms with van der Waals surface area (Å²) in [6, 6.07) is 2.55. The summed E-state index contributed by atoms with van der Waals surface area (Å²) in [5.74, 6) is -0.127.